The lowest BCUT2D eigenvalue weighted by Gasteiger charge is -2.29. The van der Waals surface area contributed by atoms with Crippen LogP contribution in [0.5, 0.6) is 5.75 Å². The molecule has 1 N–H and O–H groups in total. The third-order valence-electron chi connectivity index (χ3n) is 7.26. The van der Waals surface area contributed by atoms with Gasteiger partial charge in [-0.3, -0.25) is 9.69 Å². The van der Waals surface area contributed by atoms with Gasteiger partial charge in [0.15, 0.2) is 9.84 Å². The fourth-order valence-corrected chi connectivity index (χ4v) is 5.82. The molecule has 4 rings (SSSR count). The Balaban J connectivity index is 1.40. The summed E-state index contributed by atoms with van der Waals surface area (Å²) in [6, 6.07) is 23.8. The second-order valence-corrected chi connectivity index (χ2v) is 12.2. The highest BCUT2D eigenvalue weighted by Crippen LogP contribution is 2.37. The molecule has 1 aliphatic rings. The molecule has 0 aromatic heterocycles. The molecule has 1 heterocycles. The molecule has 1 aliphatic heterocycles. The second-order valence-electron chi connectivity index (χ2n) is 10.2. The van der Waals surface area contributed by atoms with Crippen molar-refractivity contribution in [2.75, 3.05) is 6.26 Å². The molecule has 204 valence electrons. The summed E-state index contributed by atoms with van der Waals surface area (Å²) in [6.07, 6.45) is 3.33. The number of nitrogens with zero attached hydrogens (tertiary/aromatic N) is 1. The van der Waals surface area contributed by atoms with E-state index in [9.17, 15) is 13.2 Å². The monoisotopic (exact) mass is 545 g/mol. The van der Waals surface area contributed by atoms with E-state index in [1.54, 1.807) is 19.1 Å². The number of hydrogen-bond acceptors (Lipinski definition) is 5. The molecular weight excluding hydrogens is 510 g/mol. The Morgan fingerprint density at radius 3 is 2.38 bits per heavy atom. The molecule has 7 heteroatoms. The van der Waals surface area contributed by atoms with E-state index in [0.29, 0.717) is 23.3 Å². The Morgan fingerprint density at radius 2 is 1.74 bits per heavy atom. The van der Waals surface area contributed by atoms with Crippen molar-refractivity contribution >= 4 is 15.8 Å². The second kappa shape index (κ2) is 12.5. The third-order valence-corrected chi connectivity index (χ3v) is 8.39. The molecule has 0 spiro atoms. The molecule has 3 aromatic carbocycles. The van der Waals surface area contributed by atoms with Crippen molar-refractivity contribution in [3.63, 3.8) is 0 Å². The van der Waals surface area contributed by atoms with Gasteiger partial charge in [-0.25, -0.2) is 8.42 Å². The van der Waals surface area contributed by atoms with Crippen LogP contribution in [0.4, 0.5) is 0 Å². The summed E-state index contributed by atoms with van der Waals surface area (Å²) in [7, 11) is -3.21. The summed E-state index contributed by atoms with van der Waals surface area (Å²) in [4.78, 5) is 14.0. The van der Waals surface area contributed by atoms with Gasteiger partial charge in [0, 0.05) is 24.9 Å². The minimum absolute atomic E-state index is 0.0315. The lowest BCUT2D eigenvalue weighted by molar-refractivity contribution is -0.137. The maximum Gasteiger partial charge on any atom is 0.304 e. The number of carboxylic acid groups (broad SMARTS) is 1. The van der Waals surface area contributed by atoms with Gasteiger partial charge in [-0.2, -0.15) is 0 Å². The van der Waals surface area contributed by atoms with E-state index in [4.69, 9.17) is 9.84 Å². The summed E-state index contributed by atoms with van der Waals surface area (Å²) < 4.78 is 29.7. The fourth-order valence-electron chi connectivity index (χ4n) is 5.19. The van der Waals surface area contributed by atoms with Crippen LogP contribution in [0.2, 0.25) is 0 Å². The normalized spacial score (nSPS) is 18.2. The Kier molecular flexibility index (Phi) is 9.11. The minimum atomic E-state index is -3.21. The number of ether oxygens (including phenoxy) is 1. The lowest BCUT2D eigenvalue weighted by atomic mass is 9.96. The van der Waals surface area contributed by atoms with Crippen LogP contribution in [0.25, 0.3) is 0 Å². The molecule has 0 amide bonds. The van der Waals surface area contributed by atoms with E-state index in [1.807, 2.05) is 48.5 Å². The van der Waals surface area contributed by atoms with E-state index in [2.05, 4.69) is 35.8 Å². The lowest BCUT2D eigenvalue weighted by Crippen LogP contribution is -2.29. The van der Waals surface area contributed by atoms with Crippen LogP contribution >= 0.6 is 0 Å². The minimum Gasteiger partial charge on any atom is -0.489 e. The third kappa shape index (κ3) is 7.50. The zero-order chi connectivity index (χ0) is 28.0. The Labute approximate surface area is 231 Å². The van der Waals surface area contributed by atoms with Crippen LogP contribution in [0.15, 0.2) is 77.7 Å². The van der Waals surface area contributed by atoms with Crippen molar-refractivity contribution in [3.8, 4) is 17.6 Å². The van der Waals surface area contributed by atoms with Gasteiger partial charge in [0.1, 0.15) is 12.4 Å². The predicted octanol–water partition coefficient (Wildman–Crippen LogP) is 5.98. The highest BCUT2D eigenvalue weighted by molar-refractivity contribution is 7.90. The largest absolute Gasteiger partial charge is 0.489 e. The molecule has 6 nitrogen and oxygen atoms in total. The van der Waals surface area contributed by atoms with E-state index in [1.165, 1.54) is 11.8 Å². The van der Waals surface area contributed by atoms with Crippen LogP contribution in [0, 0.1) is 11.8 Å². The number of hydrogen-bond donors (Lipinski definition) is 1. The Hall–Kier alpha value is -3.60. The van der Waals surface area contributed by atoms with Crippen molar-refractivity contribution in [1.82, 2.24) is 4.90 Å². The molecule has 0 saturated carbocycles. The maximum absolute atomic E-state index is 11.9. The summed E-state index contributed by atoms with van der Waals surface area (Å²) >= 11 is 0. The van der Waals surface area contributed by atoms with Crippen molar-refractivity contribution in [2.45, 2.75) is 69.2 Å². The first-order chi connectivity index (χ1) is 18.6. The summed E-state index contributed by atoms with van der Waals surface area (Å²) in [5.74, 6) is 5.29. The van der Waals surface area contributed by atoms with Crippen LogP contribution in [0.1, 0.15) is 67.3 Å². The van der Waals surface area contributed by atoms with Crippen LogP contribution in [-0.2, 0) is 27.8 Å². The Morgan fingerprint density at radius 1 is 1.05 bits per heavy atom. The maximum atomic E-state index is 11.9. The topological polar surface area (TPSA) is 83.9 Å². The van der Waals surface area contributed by atoms with Gasteiger partial charge < -0.3 is 9.84 Å². The molecule has 3 atom stereocenters. The summed E-state index contributed by atoms with van der Waals surface area (Å²) in [5, 5.41) is 9.16. The van der Waals surface area contributed by atoms with Gasteiger partial charge in [0.25, 0.3) is 0 Å². The smallest absolute Gasteiger partial charge is 0.304 e. The average molecular weight is 546 g/mol. The van der Waals surface area contributed by atoms with Crippen molar-refractivity contribution < 1.29 is 23.1 Å². The van der Waals surface area contributed by atoms with Crippen LogP contribution in [-0.4, -0.2) is 36.7 Å². The number of carboxylic acids is 1. The van der Waals surface area contributed by atoms with Crippen LogP contribution < -0.4 is 4.74 Å². The SMILES string of the molecule is CC#CC(CC(=O)O)c1ccc(OCc2cccc(CN3C(C)CCC3c3ccc(S(C)(=O)=O)cc3)c2)cc1. The number of likely N-dealkylation sites (tertiary alicyclic amines) is 1. The molecule has 0 aliphatic carbocycles. The van der Waals surface area contributed by atoms with Crippen LogP contribution in [0.3, 0.4) is 0 Å². The first kappa shape index (κ1) is 28.4. The van der Waals surface area contributed by atoms with Crippen molar-refractivity contribution in [2.24, 2.45) is 0 Å². The number of sulfone groups is 1. The molecule has 39 heavy (non-hydrogen) atoms. The fraction of sp³-hybridized carbons (Fsp3) is 0.344. The summed E-state index contributed by atoms with van der Waals surface area (Å²) in [5.41, 5.74) is 4.28. The zero-order valence-electron chi connectivity index (χ0n) is 22.6. The molecule has 1 saturated heterocycles. The average Bonchev–Trinajstić information content (AvgIpc) is 3.27. The molecule has 0 radical (unpaired) electrons. The quantitative estimate of drug-likeness (QED) is 0.316. The number of carbonyl (C=O) groups is 1. The zero-order valence-corrected chi connectivity index (χ0v) is 23.4. The number of rotatable bonds is 10. The molecule has 1 fully saturated rings. The Bertz CT molecular complexity index is 1450. The van der Waals surface area contributed by atoms with E-state index >= 15 is 0 Å². The van der Waals surface area contributed by atoms with Crippen molar-refractivity contribution in [3.05, 3.63) is 95.1 Å². The van der Waals surface area contributed by atoms with Gasteiger partial charge in [-0.15, -0.1) is 5.92 Å². The highest BCUT2D eigenvalue weighted by Gasteiger charge is 2.31. The first-order valence-electron chi connectivity index (χ1n) is 13.1. The highest BCUT2D eigenvalue weighted by atomic mass is 32.2. The number of benzene rings is 3. The molecule has 0 bridgehead atoms. The predicted molar refractivity (Wildman–Crippen MR) is 152 cm³/mol. The van der Waals surface area contributed by atoms with Gasteiger partial charge in [0.2, 0.25) is 0 Å². The van der Waals surface area contributed by atoms with E-state index in [-0.39, 0.29) is 18.4 Å². The molecule has 3 unspecified atom stereocenters. The van der Waals surface area contributed by atoms with Gasteiger partial charge in [-0.05, 0) is 73.2 Å². The van der Waals surface area contributed by atoms with E-state index < -0.39 is 15.8 Å². The number of aliphatic carboxylic acids is 1. The molecule has 3 aromatic rings. The summed E-state index contributed by atoms with van der Waals surface area (Å²) in [6.45, 7) is 5.18. The first-order valence-corrected chi connectivity index (χ1v) is 15.0. The van der Waals surface area contributed by atoms with Gasteiger partial charge >= 0.3 is 5.97 Å². The van der Waals surface area contributed by atoms with Gasteiger partial charge in [-0.1, -0.05) is 54.5 Å². The molecular formula is C32H35NO5S. The standard InChI is InChI=1S/C32H35NO5S/c1-4-6-28(20-32(34)35)26-10-14-29(15-11-26)38-22-25-8-5-7-24(19-25)21-33-23(2)9-18-31(33)27-12-16-30(17-13-27)39(3,36)37/h5,7-8,10-17,19,23,28,31H,9,18,20-22H2,1-3H3,(H,34,35). The van der Waals surface area contributed by atoms with E-state index in [0.717, 1.165) is 36.1 Å². The van der Waals surface area contributed by atoms with Crippen molar-refractivity contribution in [1.29, 1.82) is 0 Å². The van der Waals surface area contributed by atoms with Gasteiger partial charge in [0.05, 0.1) is 17.2 Å².